The molecule has 1 fully saturated rings. The second kappa shape index (κ2) is 6.08. The molecule has 5 heteroatoms. The second-order valence-electron chi connectivity index (χ2n) is 5.79. The summed E-state index contributed by atoms with van der Waals surface area (Å²) in [6.45, 7) is 5.73. The Morgan fingerprint density at radius 1 is 1.13 bits per heavy atom. The average Bonchev–Trinajstić information content (AvgIpc) is 3.04. The van der Waals surface area contributed by atoms with Crippen LogP contribution < -0.4 is 0 Å². The number of carbonyl (C=O) groups is 2. The van der Waals surface area contributed by atoms with Crippen molar-refractivity contribution < 1.29 is 9.59 Å². The fraction of sp³-hybridized carbons (Fsp3) is 0.222. The first-order valence-corrected chi connectivity index (χ1v) is 8.30. The van der Waals surface area contributed by atoms with Crippen LogP contribution in [0.15, 0.2) is 47.5 Å². The zero-order valence-corrected chi connectivity index (χ0v) is 14.1. The number of amides is 2. The molecule has 0 saturated carbocycles. The van der Waals surface area contributed by atoms with Crippen LogP contribution >= 0.6 is 11.8 Å². The van der Waals surface area contributed by atoms with Crippen LogP contribution in [0.2, 0.25) is 0 Å². The summed E-state index contributed by atoms with van der Waals surface area (Å²) < 4.78 is 2.01. The summed E-state index contributed by atoms with van der Waals surface area (Å²) >= 11 is 1.00. The molecule has 0 aliphatic carbocycles. The molecule has 0 bridgehead atoms. The monoisotopic (exact) mass is 326 g/mol. The number of aryl methyl sites for hydroxylation is 1. The first kappa shape index (κ1) is 15.6. The number of thioether (sulfide) groups is 1. The summed E-state index contributed by atoms with van der Waals surface area (Å²) in [5.41, 5.74) is 3.08. The van der Waals surface area contributed by atoms with Gasteiger partial charge in [-0.3, -0.25) is 14.5 Å². The van der Waals surface area contributed by atoms with E-state index in [0.717, 1.165) is 23.1 Å². The molecule has 1 aliphatic rings. The van der Waals surface area contributed by atoms with Crippen molar-refractivity contribution in [3.63, 3.8) is 0 Å². The molecule has 4 nitrogen and oxygen atoms in total. The minimum Gasteiger partial charge on any atom is -0.317 e. The zero-order valence-electron chi connectivity index (χ0n) is 13.3. The predicted octanol–water partition coefficient (Wildman–Crippen LogP) is 4.23. The van der Waals surface area contributed by atoms with Crippen molar-refractivity contribution in [2.45, 2.75) is 26.8 Å². The number of hydrogen-bond donors (Lipinski definition) is 0. The SMILES string of the molecule is Cc1cccc(-n2cccc2/C=C2/SC(=O)N(C(C)C)C2=O)c1. The average molecular weight is 326 g/mol. The summed E-state index contributed by atoms with van der Waals surface area (Å²) in [5, 5.41) is -0.204. The van der Waals surface area contributed by atoms with Gasteiger partial charge in [0.15, 0.2) is 0 Å². The highest BCUT2D eigenvalue weighted by molar-refractivity contribution is 8.18. The van der Waals surface area contributed by atoms with Gasteiger partial charge in [-0.05, 0) is 68.4 Å². The smallest absolute Gasteiger partial charge is 0.293 e. The molecule has 0 radical (unpaired) electrons. The highest BCUT2D eigenvalue weighted by atomic mass is 32.2. The summed E-state index contributed by atoms with van der Waals surface area (Å²) in [6, 6.07) is 11.9. The number of carbonyl (C=O) groups excluding carboxylic acids is 2. The molecule has 2 heterocycles. The van der Waals surface area contributed by atoms with Gasteiger partial charge in [0, 0.05) is 23.6 Å². The topological polar surface area (TPSA) is 42.3 Å². The highest BCUT2D eigenvalue weighted by Gasteiger charge is 2.36. The summed E-state index contributed by atoms with van der Waals surface area (Å²) in [4.78, 5) is 26.1. The molecule has 0 unspecified atom stereocenters. The van der Waals surface area contributed by atoms with Crippen LogP contribution in [0.3, 0.4) is 0 Å². The van der Waals surface area contributed by atoms with E-state index in [0.29, 0.717) is 4.91 Å². The van der Waals surface area contributed by atoms with Gasteiger partial charge in [-0.15, -0.1) is 0 Å². The first-order chi connectivity index (χ1) is 11.0. The molecule has 1 aromatic carbocycles. The van der Waals surface area contributed by atoms with Crippen LogP contribution in [0.4, 0.5) is 4.79 Å². The van der Waals surface area contributed by atoms with Crippen molar-refractivity contribution in [1.29, 1.82) is 0 Å². The van der Waals surface area contributed by atoms with E-state index in [4.69, 9.17) is 0 Å². The van der Waals surface area contributed by atoms with Gasteiger partial charge in [0.05, 0.1) is 4.91 Å². The normalized spacial score (nSPS) is 16.9. The Kier molecular flexibility index (Phi) is 4.13. The lowest BCUT2D eigenvalue weighted by atomic mass is 10.2. The standard InChI is InChI=1S/C18H18N2O2S/c1-12(2)20-17(21)16(23-18(20)22)11-15-8-5-9-19(15)14-7-4-6-13(3)10-14/h4-12H,1-3H3/b16-11+. The fourth-order valence-corrected chi connectivity index (χ4v) is 3.53. The molecule has 1 aromatic heterocycles. The van der Waals surface area contributed by atoms with Crippen molar-refractivity contribution in [1.82, 2.24) is 9.47 Å². The van der Waals surface area contributed by atoms with E-state index in [1.807, 2.05) is 61.9 Å². The molecule has 0 N–H and O–H groups in total. The number of benzene rings is 1. The lowest BCUT2D eigenvalue weighted by molar-refractivity contribution is -0.123. The van der Waals surface area contributed by atoms with Gasteiger partial charge in [-0.25, -0.2) is 0 Å². The molecular weight excluding hydrogens is 308 g/mol. The molecule has 2 aromatic rings. The van der Waals surface area contributed by atoms with E-state index >= 15 is 0 Å². The van der Waals surface area contributed by atoms with Gasteiger partial charge < -0.3 is 4.57 Å². The quantitative estimate of drug-likeness (QED) is 0.793. The van der Waals surface area contributed by atoms with E-state index in [1.165, 1.54) is 10.5 Å². The van der Waals surface area contributed by atoms with Gasteiger partial charge in [0.25, 0.3) is 11.1 Å². The lowest BCUT2D eigenvalue weighted by Crippen LogP contribution is -2.34. The number of hydrogen-bond acceptors (Lipinski definition) is 3. The third-order valence-corrected chi connectivity index (χ3v) is 4.56. The maximum atomic E-state index is 12.4. The predicted molar refractivity (Wildman–Crippen MR) is 93.5 cm³/mol. The Bertz CT molecular complexity index is 805. The van der Waals surface area contributed by atoms with Crippen LogP contribution in [-0.2, 0) is 4.79 Å². The fourth-order valence-electron chi connectivity index (χ4n) is 2.58. The first-order valence-electron chi connectivity index (χ1n) is 7.49. The van der Waals surface area contributed by atoms with E-state index in [1.54, 1.807) is 6.08 Å². The molecule has 0 atom stereocenters. The van der Waals surface area contributed by atoms with Gasteiger partial charge in [-0.2, -0.15) is 0 Å². The number of rotatable bonds is 3. The van der Waals surface area contributed by atoms with Crippen LogP contribution in [0.25, 0.3) is 11.8 Å². The van der Waals surface area contributed by atoms with Gasteiger partial charge in [0.1, 0.15) is 0 Å². The summed E-state index contributed by atoms with van der Waals surface area (Å²) in [6.07, 6.45) is 3.74. The summed E-state index contributed by atoms with van der Waals surface area (Å²) in [7, 11) is 0. The van der Waals surface area contributed by atoms with E-state index in [9.17, 15) is 9.59 Å². The second-order valence-corrected chi connectivity index (χ2v) is 6.78. The number of aromatic nitrogens is 1. The summed E-state index contributed by atoms with van der Waals surface area (Å²) in [5.74, 6) is -0.216. The third kappa shape index (κ3) is 2.97. The van der Waals surface area contributed by atoms with Gasteiger partial charge in [0.2, 0.25) is 0 Å². The Morgan fingerprint density at radius 3 is 2.57 bits per heavy atom. The molecule has 1 saturated heterocycles. The molecule has 0 spiro atoms. The van der Waals surface area contributed by atoms with E-state index in [-0.39, 0.29) is 17.2 Å². The Labute approximate surface area is 139 Å². The molecule has 2 amide bonds. The maximum absolute atomic E-state index is 12.4. The van der Waals surface area contributed by atoms with Crippen LogP contribution in [0, 0.1) is 6.92 Å². The Morgan fingerprint density at radius 2 is 1.91 bits per heavy atom. The third-order valence-electron chi connectivity index (χ3n) is 3.68. The van der Waals surface area contributed by atoms with Crippen LogP contribution in [0.5, 0.6) is 0 Å². The Balaban J connectivity index is 1.98. The molecule has 3 rings (SSSR count). The minimum atomic E-state index is -0.216. The van der Waals surface area contributed by atoms with Crippen LogP contribution in [-0.4, -0.2) is 26.7 Å². The molecular formula is C18H18N2O2S. The minimum absolute atomic E-state index is 0.128. The van der Waals surface area contributed by atoms with Crippen molar-refractivity contribution in [3.8, 4) is 5.69 Å². The van der Waals surface area contributed by atoms with Crippen molar-refractivity contribution >= 4 is 29.0 Å². The largest absolute Gasteiger partial charge is 0.317 e. The number of nitrogens with zero attached hydrogens (tertiary/aromatic N) is 2. The lowest BCUT2D eigenvalue weighted by Gasteiger charge is -2.16. The van der Waals surface area contributed by atoms with Gasteiger partial charge in [-0.1, -0.05) is 12.1 Å². The van der Waals surface area contributed by atoms with Crippen molar-refractivity contribution in [2.75, 3.05) is 0 Å². The van der Waals surface area contributed by atoms with Crippen molar-refractivity contribution in [3.05, 3.63) is 58.8 Å². The van der Waals surface area contributed by atoms with Crippen molar-refractivity contribution in [2.24, 2.45) is 0 Å². The molecule has 118 valence electrons. The van der Waals surface area contributed by atoms with E-state index < -0.39 is 0 Å². The maximum Gasteiger partial charge on any atom is 0.293 e. The Hall–Kier alpha value is -2.27. The van der Waals surface area contributed by atoms with Crippen LogP contribution in [0.1, 0.15) is 25.1 Å². The highest BCUT2D eigenvalue weighted by Crippen LogP contribution is 2.33. The molecule has 1 aliphatic heterocycles. The zero-order chi connectivity index (χ0) is 16.6. The van der Waals surface area contributed by atoms with Gasteiger partial charge >= 0.3 is 0 Å². The van der Waals surface area contributed by atoms with E-state index in [2.05, 4.69) is 6.07 Å². The molecule has 23 heavy (non-hydrogen) atoms. The number of imide groups is 1.